The molecule has 0 spiro atoms. The van der Waals surface area contributed by atoms with Gasteiger partial charge in [-0.15, -0.1) is 0 Å². The fourth-order valence-electron chi connectivity index (χ4n) is 4.47. The second-order valence-electron chi connectivity index (χ2n) is 8.47. The maximum Gasteiger partial charge on any atom is 0.421 e. The van der Waals surface area contributed by atoms with E-state index >= 15 is 0 Å². The predicted molar refractivity (Wildman–Crippen MR) is 121 cm³/mol. The van der Waals surface area contributed by atoms with Crippen molar-refractivity contribution in [2.45, 2.75) is 31.5 Å². The van der Waals surface area contributed by atoms with Gasteiger partial charge in [0, 0.05) is 55.6 Å². The van der Waals surface area contributed by atoms with Gasteiger partial charge in [-0.05, 0) is 25.0 Å². The molecule has 11 nitrogen and oxygen atoms in total. The average molecular weight is 505 g/mol. The normalized spacial score (nSPS) is 16.5. The number of anilines is 1. The van der Waals surface area contributed by atoms with Crippen LogP contribution in [-0.2, 0) is 10.4 Å². The van der Waals surface area contributed by atoms with Crippen molar-refractivity contribution in [1.29, 1.82) is 0 Å². The Hall–Kier alpha value is -4.07. The fourth-order valence-corrected chi connectivity index (χ4v) is 4.47. The zero-order valence-electron chi connectivity index (χ0n) is 19.0. The molecule has 1 unspecified atom stereocenters. The third-order valence-electron chi connectivity index (χ3n) is 6.41. The lowest BCUT2D eigenvalue weighted by Gasteiger charge is -2.42. The summed E-state index contributed by atoms with van der Waals surface area (Å²) in [4.78, 5) is 31.5. The number of piperidine rings is 1. The topological polar surface area (TPSA) is 153 Å². The first kappa shape index (κ1) is 25.0. The van der Waals surface area contributed by atoms with Crippen molar-refractivity contribution >= 4 is 17.4 Å². The molecule has 1 aliphatic heterocycles. The highest BCUT2D eigenvalue weighted by molar-refractivity contribution is 5.78. The summed E-state index contributed by atoms with van der Waals surface area (Å²) < 4.78 is 43.6. The van der Waals surface area contributed by atoms with Crippen molar-refractivity contribution in [2.24, 2.45) is 5.92 Å². The molecule has 0 saturated carbocycles. The first-order valence-electron chi connectivity index (χ1n) is 10.9. The van der Waals surface area contributed by atoms with Gasteiger partial charge in [0.2, 0.25) is 11.7 Å². The predicted octanol–water partition coefficient (Wildman–Crippen LogP) is 2.83. The molecule has 1 atom stereocenters. The van der Waals surface area contributed by atoms with Gasteiger partial charge in [-0.25, -0.2) is 14.6 Å². The molecule has 14 heteroatoms. The van der Waals surface area contributed by atoms with Crippen LogP contribution in [0.2, 0.25) is 0 Å². The zero-order chi connectivity index (χ0) is 26.3. The van der Waals surface area contributed by atoms with E-state index in [9.17, 15) is 33.2 Å². The van der Waals surface area contributed by atoms with E-state index in [1.165, 1.54) is 47.2 Å². The Bertz CT molecular complexity index is 1290. The van der Waals surface area contributed by atoms with Gasteiger partial charge in [0.1, 0.15) is 0 Å². The SMILES string of the molecule is CC(=O)N1CCC(C(O)(c2ccc(-n3cc(-c4ccnc(N)c4[N+](=O)[O-])cn3)nc2)C(F)(F)F)CC1. The maximum absolute atomic E-state index is 14.1. The largest absolute Gasteiger partial charge is 0.421 e. The third kappa shape index (κ3) is 4.34. The number of hydrogen-bond donors (Lipinski definition) is 2. The highest BCUT2D eigenvalue weighted by Gasteiger charge is 2.60. The Morgan fingerprint density at radius 3 is 2.44 bits per heavy atom. The van der Waals surface area contributed by atoms with Crippen LogP contribution in [0.1, 0.15) is 25.3 Å². The Labute approximate surface area is 202 Å². The van der Waals surface area contributed by atoms with E-state index in [2.05, 4.69) is 15.1 Å². The van der Waals surface area contributed by atoms with Crippen molar-refractivity contribution in [3.05, 3.63) is 58.7 Å². The number of nitrogens with two attached hydrogens (primary N) is 1. The minimum Gasteiger partial charge on any atom is -0.378 e. The summed E-state index contributed by atoms with van der Waals surface area (Å²) >= 11 is 0. The van der Waals surface area contributed by atoms with E-state index in [4.69, 9.17) is 5.73 Å². The van der Waals surface area contributed by atoms with Crippen molar-refractivity contribution in [3.63, 3.8) is 0 Å². The van der Waals surface area contributed by atoms with Gasteiger partial charge < -0.3 is 15.7 Å². The lowest BCUT2D eigenvalue weighted by atomic mass is 9.76. The number of amides is 1. The summed E-state index contributed by atoms with van der Waals surface area (Å²) in [6.45, 7) is 1.58. The van der Waals surface area contributed by atoms with Crippen molar-refractivity contribution < 1.29 is 28.0 Å². The number of nitrogen functional groups attached to an aromatic ring is 1. The number of likely N-dealkylation sites (tertiary alicyclic amines) is 1. The van der Waals surface area contributed by atoms with E-state index in [0.29, 0.717) is 5.56 Å². The van der Waals surface area contributed by atoms with E-state index in [0.717, 1.165) is 12.3 Å². The van der Waals surface area contributed by atoms with Crippen LogP contribution in [-0.4, -0.2) is 59.9 Å². The Morgan fingerprint density at radius 1 is 1.19 bits per heavy atom. The highest BCUT2D eigenvalue weighted by atomic mass is 19.4. The molecule has 1 amide bonds. The molecule has 4 heterocycles. The second kappa shape index (κ2) is 9.18. The van der Waals surface area contributed by atoms with Crippen LogP contribution in [0.5, 0.6) is 0 Å². The van der Waals surface area contributed by atoms with Gasteiger partial charge in [0.15, 0.2) is 11.4 Å². The molecule has 3 aromatic heterocycles. The summed E-state index contributed by atoms with van der Waals surface area (Å²) in [5.41, 5.74) is 2.15. The zero-order valence-corrected chi connectivity index (χ0v) is 19.0. The monoisotopic (exact) mass is 505 g/mol. The number of carbonyl (C=O) groups excluding carboxylic acids is 1. The lowest BCUT2D eigenvalue weighted by molar-refractivity contribution is -0.383. The minimum absolute atomic E-state index is 0.0201. The number of nitrogens with zero attached hydrogens (tertiary/aromatic N) is 6. The fraction of sp³-hybridized carbons (Fsp3) is 0.364. The summed E-state index contributed by atoms with van der Waals surface area (Å²) in [5.74, 6) is -1.53. The molecule has 0 bridgehead atoms. The molecule has 1 saturated heterocycles. The van der Waals surface area contributed by atoms with E-state index in [-0.39, 0.29) is 49.0 Å². The number of carbonyl (C=O) groups is 1. The third-order valence-corrected chi connectivity index (χ3v) is 6.41. The first-order valence-corrected chi connectivity index (χ1v) is 10.9. The molecule has 3 aromatic rings. The molecule has 0 aliphatic carbocycles. The van der Waals surface area contributed by atoms with Crippen LogP contribution in [0.3, 0.4) is 0 Å². The van der Waals surface area contributed by atoms with Crippen molar-refractivity contribution in [2.75, 3.05) is 18.8 Å². The van der Waals surface area contributed by atoms with Gasteiger partial charge in [-0.1, -0.05) is 6.07 Å². The van der Waals surface area contributed by atoms with Crippen LogP contribution >= 0.6 is 0 Å². The van der Waals surface area contributed by atoms with Crippen LogP contribution < -0.4 is 5.73 Å². The average Bonchev–Trinajstić information content (AvgIpc) is 3.33. The van der Waals surface area contributed by atoms with Crippen LogP contribution in [0.25, 0.3) is 16.9 Å². The van der Waals surface area contributed by atoms with Crippen LogP contribution in [0.15, 0.2) is 43.0 Å². The summed E-state index contributed by atoms with van der Waals surface area (Å²) in [7, 11) is 0. The number of aliphatic hydroxyl groups is 1. The summed E-state index contributed by atoms with van der Waals surface area (Å²) in [5, 5.41) is 26.4. The van der Waals surface area contributed by atoms with Gasteiger partial charge in [-0.2, -0.15) is 18.3 Å². The molecule has 0 aromatic carbocycles. The molecular weight excluding hydrogens is 483 g/mol. The quantitative estimate of drug-likeness (QED) is 0.396. The highest BCUT2D eigenvalue weighted by Crippen LogP contribution is 2.48. The number of nitro groups is 1. The van der Waals surface area contributed by atoms with Crippen LogP contribution in [0.4, 0.5) is 24.7 Å². The summed E-state index contributed by atoms with van der Waals surface area (Å²) in [6.07, 6.45) is -0.0293. The van der Waals surface area contributed by atoms with Gasteiger partial charge >= 0.3 is 11.9 Å². The van der Waals surface area contributed by atoms with Gasteiger partial charge in [0.05, 0.1) is 16.7 Å². The standard InChI is InChI=1S/C22H22F3N7O4/c1-13(33)30-8-5-15(6-9-30)21(34,22(23,24)25)16-2-3-18(28-11-16)31-12-14(10-29-31)17-4-7-27-20(26)19(17)32(35)36/h2-4,7,10-12,15,34H,5-6,8-9H2,1H3,(H2,26,27). The smallest absolute Gasteiger partial charge is 0.378 e. The molecule has 0 radical (unpaired) electrons. The van der Waals surface area contributed by atoms with E-state index in [1.54, 1.807) is 0 Å². The number of alkyl halides is 3. The molecule has 36 heavy (non-hydrogen) atoms. The number of pyridine rings is 2. The van der Waals surface area contributed by atoms with Crippen LogP contribution in [0, 0.1) is 16.0 Å². The molecular formula is C22H22F3N7O4. The summed E-state index contributed by atoms with van der Waals surface area (Å²) in [6, 6.07) is 3.79. The van der Waals surface area contributed by atoms with E-state index in [1.807, 2.05) is 0 Å². The number of hydrogen-bond acceptors (Lipinski definition) is 8. The lowest BCUT2D eigenvalue weighted by Crippen LogP contribution is -2.52. The van der Waals surface area contributed by atoms with E-state index < -0.39 is 33.9 Å². The molecule has 190 valence electrons. The maximum atomic E-state index is 14.1. The minimum atomic E-state index is -4.97. The Balaban J connectivity index is 1.63. The van der Waals surface area contributed by atoms with Gasteiger partial charge in [-0.3, -0.25) is 14.9 Å². The van der Waals surface area contributed by atoms with Gasteiger partial charge in [0.25, 0.3) is 0 Å². The molecule has 1 fully saturated rings. The first-order chi connectivity index (χ1) is 16.9. The van der Waals surface area contributed by atoms with Crippen molar-refractivity contribution in [3.8, 4) is 16.9 Å². The molecule has 4 rings (SSSR count). The second-order valence-corrected chi connectivity index (χ2v) is 8.47. The Kier molecular flexibility index (Phi) is 6.39. The molecule has 3 N–H and O–H groups in total. The Morgan fingerprint density at radius 2 is 1.89 bits per heavy atom. The molecule has 1 aliphatic rings. The number of aromatic nitrogens is 4. The number of rotatable bonds is 5. The number of halogens is 3. The van der Waals surface area contributed by atoms with Crippen molar-refractivity contribution in [1.82, 2.24) is 24.6 Å².